The summed E-state index contributed by atoms with van der Waals surface area (Å²) in [5.74, 6) is 2.57. The maximum Gasteiger partial charge on any atom is 0.525 e. The van der Waals surface area contributed by atoms with E-state index in [2.05, 4.69) is 11.0 Å². The minimum absolute atomic E-state index is 0.436. The van der Waals surface area contributed by atoms with Crippen LogP contribution in [0.2, 0.25) is 0 Å². The zero-order chi connectivity index (χ0) is 16.8. The van der Waals surface area contributed by atoms with Gasteiger partial charge in [0.25, 0.3) is 0 Å². The monoisotopic (exact) mass is 315 g/mol. The molecule has 0 saturated carbocycles. The second-order valence-electron chi connectivity index (χ2n) is 6.62. The van der Waals surface area contributed by atoms with E-state index in [9.17, 15) is 4.39 Å². The number of halogens is 1. The van der Waals surface area contributed by atoms with Crippen LogP contribution in [0.1, 0.15) is 33.4 Å². The van der Waals surface area contributed by atoms with Crippen LogP contribution in [0.25, 0.3) is 11.7 Å². The van der Waals surface area contributed by atoms with Gasteiger partial charge in [0.15, 0.2) is 0 Å². The quantitative estimate of drug-likeness (QED) is 0.646. The molecule has 0 atom stereocenters. The molecule has 0 amide bonds. The van der Waals surface area contributed by atoms with Crippen LogP contribution in [0, 0.1) is 12.3 Å². The van der Waals surface area contributed by atoms with Gasteiger partial charge in [0.2, 0.25) is 0 Å². The van der Waals surface area contributed by atoms with Crippen molar-refractivity contribution in [2.24, 2.45) is 0 Å². The summed E-state index contributed by atoms with van der Waals surface area (Å²) in [6.07, 6.45) is 10.3. The largest absolute Gasteiger partial charge is 0.525 e. The molecule has 7 heteroatoms. The summed E-state index contributed by atoms with van der Waals surface area (Å²) in [5, 5.41) is 4.30. The highest BCUT2D eigenvalue weighted by molar-refractivity contribution is 6.54. The standard InChI is InChI=1S/C16H19BFN3O2/c1-6-7-20-8-9-21-14(20)11-12(19-21)10-13(18)17-22-15(2,3)16(4,5)23-17/h1,8-11H,7H2,2-5H3. The van der Waals surface area contributed by atoms with Crippen LogP contribution in [0.15, 0.2) is 24.2 Å². The van der Waals surface area contributed by atoms with E-state index < -0.39 is 24.0 Å². The molecule has 1 aliphatic rings. The van der Waals surface area contributed by atoms with Crippen LogP contribution in [0.4, 0.5) is 4.39 Å². The lowest BCUT2D eigenvalue weighted by Crippen LogP contribution is -2.41. The summed E-state index contributed by atoms with van der Waals surface area (Å²) in [6.45, 7) is 7.97. The summed E-state index contributed by atoms with van der Waals surface area (Å²) in [6, 6.07) is 1.77. The number of hydrogen-bond donors (Lipinski definition) is 0. The Labute approximate surface area is 135 Å². The van der Waals surface area contributed by atoms with Gasteiger partial charge >= 0.3 is 7.12 Å². The number of aromatic nitrogens is 3. The number of terminal acetylenes is 1. The van der Waals surface area contributed by atoms with Gasteiger partial charge in [0.05, 0.1) is 23.4 Å². The second kappa shape index (κ2) is 5.26. The number of imidazole rings is 1. The van der Waals surface area contributed by atoms with Crippen molar-refractivity contribution in [2.45, 2.75) is 45.4 Å². The molecule has 1 saturated heterocycles. The first kappa shape index (κ1) is 15.8. The van der Waals surface area contributed by atoms with Gasteiger partial charge in [-0.1, -0.05) is 5.92 Å². The molecule has 0 bridgehead atoms. The van der Waals surface area contributed by atoms with E-state index >= 15 is 0 Å². The Morgan fingerprint density at radius 3 is 2.61 bits per heavy atom. The van der Waals surface area contributed by atoms with E-state index in [1.165, 1.54) is 6.08 Å². The third-order valence-corrected chi connectivity index (χ3v) is 4.44. The van der Waals surface area contributed by atoms with E-state index in [1.807, 2.05) is 38.5 Å². The summed E-state index contributed by atoms with van der Waals surface area (Å²) >= 11 is 0. The van der Waals surface area contributed by atoms with Crippen molar-refractivity contribution in [3.8, 4) is 12.3 Å². The molecule has 2 aromatic heterocycles. The fourth-order valence-electron chi connectivity index (χ4n) is 2.41. The van der Waals surface area contributed by atoms with Crippen molar-refractivity contribution < 1.29 is 13.7 Å². The Kier molecular flexibility index (Phi) is 3.62. The number of nitrogens with zero attached hydrogens (tertiary/aromatic N) is 3. The normalized spacial score (nSPS) is 20.2. The molecule has 1 aliphatic heterocycles. The first-order valence-corrected chi connectivity index (χ1v) is 7.44. The minimum atomic E-state index is -1.02. The van der Waals surface area contributed by atoms with Gasteiger partial charge in [-0.15, -0.1) is 6.42 Å². The molecule has 5 nitrogen and oxygen atoms in total. The summed E-state index contributed by atoms with van der Waals surface area (Å²) < 4.78 is 29.4. The molecule has 23 heavy (non-hydrogen) atoms. The van der Waals surface area contributed by atoms with E-state index in [-0.39, 0.29) is 0 Å². The van der Waals surface area contributed by atoms with Crippen LogP contribution >= 0.6 is 0 Å². The molecule has 120 valence electrons. The minimum Gasteiger partial charge on any atom is -0.398 e. The Balaban J connectivity index is 1.86. The third kappa shape index (κ3) is 2.69. The molecule has 3 heterocycles. The van der Waals surface area contributed by atoms with E-state index in [0.717, 1.165) is 5.65 Å². The van der Waals surface area contributed by atoms with Gasteiger partial charge in [0, 0.05) is 18.5 Å². The van der Waals surface area contributed by atoms with Gasteiger partial charge in [-0.25, -0.2) is 8.91 Å². The van der Waals surface area contributed by atoms with Crippen molar-refractivity contribution in [2.75, 3.05) is 0 Å². The molecular formula is C16H19BFN3O2. The molecule has 0 aromatic carbocycles. The summed E-state index contributed by atoms with van der Waals surface area (Å²) in [5.41, 5.74) is -0.376. The highest BCUT2D eigenvalue weighted by Gasteiger charge is 2.53. The molecule has 2 aromatic rings. The van der Waals surface area contributed by atoms with E-state index in [1.54, 1.807) is 16.8 Å². The van der Waals surface area contributed by atoms with Crippen molar-refractivity contribution in [1.29, 1.82) is 0 Å². The SMILES string of the molecule is C#CCn1ccn2nc(C=C(F)B3OC(C)(C)C(C)(C)O3)cc12. The fourth-order valence-corrected chi connectivity index (χ4v) is 2.41. The molecule has 0 radical (unpaired) electrons. The van der Waals surface area contributed by atoms with Crippen LogP contribution in [0.3, 0.4) is 0 Å². The Morgan fingerprint density at radius 2 is 2.00 bits per heavy atom. The maximum absolute atomic E-state index is 14.5. The molecule has 0 unspecified atom stereocenters. The van der Waals surface area contributed by atoms with Crippen LogP contribution in [-0.2, 0) is 15.9 Å². The lowest BCUT2D eigenvalue weighted by molar-refractivity contribution is 0.00578. The molecule has 0 N–H and O–H groups in total. The van der Waals surface area contributed by atoms with E-state index in [4.69, 9.17) is 15.7 Å². The predicted molar refractivity (Wildman–Crippen MR) is 87.2 cm³/mol. The molecular weight excluding hydrogens is 296 g/mol. The first-order chi connectivity index (χ1) is 10.7. The Morgan fingerprint density at radius 1 is 1.35 bits per heavy atom. The summed E-state index contributed by atoms with van der Waals surface area (Å²) in [4.78, 5) is 0. The van der Waals surface area contributed by atoms with Gasteiger partial charge in [-0.05, 0) is 33.8 Å². The van der Waals surface area contributed by atoms with Crippen LogP contribution < -0.4 is 0 Å². The molecule has 0 aliphatic carbocycles. The topological polar surface area (TPSA) is 40.7 Å². The van der Waals surface area contributed by atoms with E-state index in [0.29, 0.717) is 12.2 Å². The highest BCUT2D eigenvalue weighted by atomic mass is 19.1. The highest BCUT2D eigenvalue weighted by Crippen LogP contribution is 2.39. The third-order valence-electron chi connectivity index (χ3n) is 4.44. The fraction of sp³-hybridized carbons (Fsp3) is 0.438. The second-order valence-corrected chi connectivity index (χ2v) is 6.62. The Bertz CT molecular complexity index is 797. The smallest absolute Gasteiger partial charge is 0.398 e. The molecule has 3 rings (SSSR count). The summed E-state index contributed by atoms with van der Waals surface area (Å²) in [7, 11) is -1.02. The first-order valence-electron chi connectivity index (χ1n) is 7.44. The molecule has 1 fully saturated rings. The number of hydrogen-bond acceptors (Lipinski definition) is 3. The van der Waals surface area contributed by atoms with Crippen molar-refractivity contribution in [1.82, 2.24) is 14.2 Å². The van der Waals surface area contributed by atoms with Gasteiger partial charge in [-0.2, -0.15) is 5.10 Å². The van der Waals surface area contributed by atoms with Gasteiger partial charge in [0.1, 0.15) is 11.4 Å². The number of rotatable bonds is 3. The van der Waals surface area contributed by atoms with Crippen LogP contribution in [0.5, 0.6) is 0 Å². The predicted octanol–water partition coefficient (Wildman–Crippen LogP) is 2.71. The Hall–Kier alpha value is -2.04. The maximum atomic E-state index is 14.5. The average Bonchev–Trinajstić information content (AvgIpc) is 3.04. The van der Waals surface area contributed by atoms with Crippen LogP contribution in [-0.4, -0.2) is 32.5 Å². The van der Waals surface area contributed by atoms with Gasteiger partial charge < -0.3 is 13.9 Å². The lowest BCUT2D eigenvalue weighted by atomic mass is 9.87. The zero-order valence-corrected chi connectivity index (χ0v) is 13.7. The van der Waals surface area contributed by atoms with Crippen molar-refractivity contribution in [3.63, 3.8) is 0 Å². The average molecular weight is 315 g/mol. The van der Waals surface area contributed by atoms with Crippen molar-refractivity contribution in [3.05, 3.63) is 29.9 Å². The van der Waals surface area contributed by atoms with Crippen molar-refractivity contribution >= 4 is 18.8 Å². The number of fused-ring (bicyclic) bond motifs is 1. The molecule has 0 spiro atoms. The van der Waals surface area contributed by atoms with Gasteiger partial charge in [-0.3, -0.25) is 0 Å². The lowest BCUT2D eigenvalue weighted by Gasteiger charge is -2.32. The zero-order valence-electron chi connectivity index (χ0n) is 13.7.